The first-order valence-electron chi connectivity index (χ1n) is 10.6. The van der Waals surface area contributed by atoms with Crippen LogP contribution in [-0.4, -0.2) is 57.0 Å². The summed E-state index contributed by atoms with van der Waals surface area (Å²) in [5, 5.41) is 13.2. The summed E-state index contributed by atoms with van der Waals surface area (Å²) in [5.41, 5.74) is 0.843. The fourth-order valence-electron chi connectivity index (χ4n) is 3.49. The Morgan fingerprint density at radius 3 is 1.97 bits per heavy atom. The number of nitrogens with one attached hydrogen (secondary N) is 1. The van der Waals surface area contributed by atoms with E-state index in [4.69, 9.17) is 4.74 Å². The summed E-state index contributed by atoms with van der Waals surface area (Å²) >= 11 is 0. The van der Waals surface area contributed by atoms with Crippen LogP contribution < -0.4 is 5.32 Å². The second-order valence-corrected chi connectivity index (χ2v) is 8.09. The van der Waals surface area contributed by atoms with Gasteiger partial charge < -0.3 is 15.2 Å². The van der Waals surface area contributed by atoms with Gasteiger partial charge in [0, 0.05) is 0 Å². The average molecular weight is 467 g/mol. The smallest absolute Gasteiger partial charge is 0.408 e. The molecule has 0 aromatic heterocycles. The number of hydrogen-bond acceptors (Lipinski definition) is 6. The normalized spacial score (nSPS) is 14.4. The summed E-state index contributed by atoms with van der Waals surface area (Å²) in [7, 11) is 0. The lowest BCUT2D eigenvalue weighted by Crippen LogP contribution is -2.62. The van der Waals surface area contributed by atoms with E-state index < -0.39 is 47.8 Å². The van der Waals surface area contributed by atoms with Gasteiger partial charge in [0.25, 0.3) is 17.7 Å². The van der Waals surface area contributed by atoms with E-state index in [2.05, 4.69) is 5.32 Å². The number of imide groups is 1. The van der Waals surface area contributed by atoms with Crippen molar-refractivity contribution in [3.8, 4) is 0 Å². The Labute approximate surface area is 196 Å². The van der Waals surface area contributed by atoms with Crippen LogP contribution in [0.4, 0.5) is 4.79 Å². The number of benzene rings is 2. The maximum Gasteiger partial charge on any atom is 0.408 e. The van der Waals surface area contributed by atoms with Crippen molar-refractivity contribution in [3.63, 3.8) is 0 Å². The lowest BCUT2D eigenvalue weighted by molar-refractivity contribution is -0.161. The molecule has 0 saturated heterocycles. The Morgan fingerprint density at radius 1 is 0.941 bits per heavy atom. The van der Waals surface area contributed by atoms with Gasteiger partial charge in [-0.1, -0.05) is 56.3 Å². The molecule has 3 rings (SSSR count). The molecule has 2 atom stereocenters. The summed E-state index contributed by atoms with van der Waals surface area (Å²) in [5.74, 6) is -4.53. The monoisotopic (exact) mass is 467 g/mol. The topological polar surface area (TPSA) is 133 Å². The summed E-state index contributed by atoms with van der Waals surface area (Å²) in [6, 6.07) is 12.0. The Hall–Kier alpha value is -4.21. The minimum absolute atomic E-state index is 0.0423. The SMILES string of the molecule is CC(C)[C@H](NC(=O)OCc1ccccc1)C(=O)N([C@@H](C)C(=O)O)N1C(=O)c2ccccc2C1=O. The van der Waals surface area contributed by atoms with Crippen molar-refractivity contribution in [1.29, 1.82) is 0 Å². The lowest BCUT2D eigenvalue weighted by atomic mass is 10.0. The number of carbonyl (C=O) groups is 5. The summed E-state index contributed by atoms with van der Waals surface area (Å²) in [6.07, 6.45) is -0.902. The number of fused-ring (bicyclic) bond motifs is 1. The van der Waals surface area contributed by atoms with Crippen molar-refractivity contribution < 1.29 is 33.8 Å². The van der Waals surface area contributed by atoms with Gasteiger partial charge in [-0.2, -0.15) is 5.01 Å². The predicted molar refractivity (Wildman–Crippen MR) is 119 cm³/mol. The lowest BCUT2D eigenvalue weighted by Gasteiger charge is -2.36. The number of carbonyl (C=O) groups excluding carboxylic acids is 4. The van der Waals surface area contributed by atoms with Gasteiger partial charge in [-0.15, -0.1) is 0 Å². The number of alkyl carbamates (subject to hydrolysis) is 1. The van der Waals surface area contributed by atoms with E-state index in [1.807, 2.05) is 6.07 Å². The van der Waals surface area contributed by atoms with Gasteiger partial charge in [0.05, 0.1) is 11.1 Å². The maximum absolute atomic E-state index is 13.5. The quantitative estimate of drug-likeness (QED) is 0.570. The molecular formula is C24H25N3O7. The molecule has 10 nitrogen and oxygen atoms in total. The van der Waals surface area contributed by atoms with Crippen LogP contribution in [0.15, 0.2) is 54.6 Å². The molecule has 0 aliphatic carbocycles. The Bertz CT molecular complexity index is 1080. The van der Waals surface area contributed by atoms with Crippen LogP contribution in [0.2, 0.25) is 0 Å². The zero-order valence-corrected chi connectivity index (χ0v) is 18.9. The second kappa shape index (κ2) is 10.2. The molecule has 178 valence electrons. The van der Waals surface area contributed by atoms with E-state index in [0.717, 1.165) is 5.56 Å². The highest BCUT2D eigenvalue weighted by Crippen LogP contribution is 2.26. The molecule has 2 N–H and O–H groups in total. The van der Waals surface area contributed by atoms with Gasteiger partial charge in [0.15, 0.2) is 0 Å². The third-order valence-electron chi connectivity index (χ3n) is 5.36. The number of hydrogen-bond donors (Lipinski definition) is 2. The van der Waals surface area contributed by atoms with Crippen LogP contribution in [0, 0.1) is 5.92 Å². The predicted octanol–water partition coefficient (Wildman–Crippen LogP) is 2.45. The molecule has 0 radical (unpaired) electrons. The highest BCUT2D eigenvalue weighted by molar-refractivity contribution is 6.22. The van der Waals surface area contributed by atoms with E-state index >= 15 is 0 Å². The average Bonchev–Trinajstić information content (AvgIpc) is 3.07. The van der Waals surface area contributed by atoms with Crippen molar-refractivity contribution in [2.24, 2.45) is 5.92 Å². The number of carboxylic acid groups (broad SMARTS) is 1. The molecule has 2 aromatic rings. The summed E-state index contributed by atoms with van der Waals surface area (Å²) < 4.78 is 5.18. The highest BCUT2D eigenvalue weighted by Gasteiger charge is 2.46. The number of carboxylic acids is 1. The largest absolute Gasteiger partial charge is 0.480 e. The first-order valence-corrected chi connectivity index (χ1v) is 10.6. The van der Waals surface area contributed by atoms with Crippen LogP contribution in [0.3, 0.4) is 0 Å². The third kappa shape index (κ3) is 4.90. The number of hydrazine groups is 1. The van der Waals surface area contributed by atoms with Gasteiger partial charge in [-0.05, 0) is 30.5 Å². The van der Waals surface area contributed by atoms with E-state index in [9.17, 15) is 29.1 Å². The van der Waals surface area contributed by atoms with E-state index in [1.165, 1.54) is 19.1 Å². The molecule has 1 heterocycles. The molecule has 1 aliphatic heterocycles. The molecule has 0 bridgehead atoms. The fourth-order valence-corrected chi connectivity index (χ4v) is 3.49. The first kappa shape index (κ1) is 24.4. The minimum atomic E-state index is -1.57. The Balaban J connectivity index is 1.85. The molecule has 1 aliphatic rings. The van der Waals surface area contributed by atoms with Crippen LogP contribution in [-0.2, 0) is 20.9 Å². The van der Waals surface area contributed by atoms with E-state index in [-0.39, 0.29) is 17.7 Å². The summed E-state index contributed by atoms with van der Waals surface area (Å²) in [6.45, 7) is 4.40. The molecule has 2 aromatic carbocycles. The maximum atomic E-state index is 13.5. The number of rotatable bonds is 8. The van der Waals surface area contributed by atoms with Crippen molar-refractivity contribution >= 4 is 29.8 Å². The third-order valence-corrected chi connectivity index (χ3v) is 5.36. The van der Waals surface area contributed by atoms with Crippen molar-refractivity contribution in [2.45, 2.75) is 39.5 Å². The van der Waals surface area contributed by atoms with Crippen molar-refractivity contribution in [3.05, 3.63) is 71.3 Å². The molecule has 0 fully saturated rings. The molecule has 0 spiro atoms. The van der Waals surface area contributed by atoms with Crippen molar-refractivity contribution in [1.82, 2.24) is 15.3 Å². The minimum Gasteiger partial charge on any atom is -0.480 e. The number of nitrogens with zero attached hydrogens (tertiary/aromatic N) is 2. The van der Waals surface area contributed by atoms with Crippen molar-refractivity contribution in [2.75, 3.05) is 0 Å². The summed E-state index contributed by atoms with van der Waals surface area (Å²) in [4.78, 5) is 63.7. The van der Waals surface area contributed by atoms with Gasteiger partial charge in [-0.25, -0.2) is 14.6 Å². The molecule has 10 heteroatoms. The first-order chi connectivity index (χ1) is 16.1. The highest BCUT2D eigenvalue weighted by atomic mass is 16.5. The van der Waals surface area contributed by atoms with Crippen LogP contribution >= 0.6 is 0 Å². The molecule has 0 saturated carbocycles. The van der Waals surface area contributed by atoms with Gasteiger partial charge in [0.1, 0.15) is 18.7 Å². The second-order valence-electron chi connectivity index (χ2n) is 8.09. The van der Waals surface area contributed by atoms with Crippen LogP contribution in [0.25, 0.3) is 0 Å². The molecule has 34 heavy (non-hydrogen) atoms. The van der Waals surface area contributed by atoms with Crippen LogP contribution in [0.5, 0.6) is 0 Å². The van der Waals surface area contributed by atoms with E-state index in [1.54, 1.807) is 50.2 Å². The van der Waals surface area contributed by atoms with Gasteiger partial charge in [-0.3, -0.25) is 14.4 Å². The zero-order chi connectivity index (χ0) is 25.0. The van der Waals surface area contributed by atoms with Gasteiger partial charge in [0.2, 0.25) is 0 Å². The standard InChI is InChI=1S/C24H25N3O7/c1-14(2)19(25-24(33)34-13-16-9-5-4-6-10-16)22(30)26(15(3)23(31)32)27-20(28)17-11-7-8-12-18(17)21(27)29/h4-12,14-15,19H,13H2,1-3H3,(H,25,33)(H,31,32)/t15-,19-/m0/s1. The number of amides is 4. The Kier molecular flexibility index (Phi) is 7.30. The molecule has 0 unspecified atom stereocenters. The van der Waals surface area contributed by atoms with E-state index in [0.29, 0.717) is 10.0 Å². The molecular weight excluding hydrogens is 442 g/mol. The zero-order valence-electron chi connectivity index (χ0n) is 18.9. The van der Waals surface area contributed by atoms with Crippen LogP contribution in [0.1, 0.15) is 47.1 Å². The Morgan fingerprint density at radius 2 is 1.47 bits per heavy atom. The fraction of sp³-hybridized carbons (Fsp3) is 0.292. The number of ether oxygens (including phenoxy) is 1. The number of aliphatic carboxylic acids is 1. The van der Waals surface area contributed by atoms with Gasteiger partial charge >= 0.3 is 12.1 Å². The molecule has 4 amide bonds.